The van der Waals surface area contributed by atoms with Gasteiger partial charge >= 0.3 is 0 Å². The van der Waals surface area contributed by atoms with Gasteiger partial charge in [-0.3, -0.25) is 4.79 Å². The minimum absolute atomic E-state index is 0.0487. The van der Waals surface area contributed by atoms with E-state index in [2.05, 4.69) is 17.1 Å². The first kappa shape index (κ1) is 15.8. The highest BCUT2D eigenvalue weighted by Crippen LogP contribution is 2.27. The SMILES string of the molecule is CCN(CCCC(=O)Nc1ccccc1N)CC1CCC1. The van der Waals surface area contributed by atoms with E-state index < -0.39 is 0 Å². The molecular weight excluding hydrogens is 262 g/mol. The van der Waals surface area contributed by atoms with Gasteiger partial charge in [0.05, 0.1) is 11.4 Å². The number of hydrogen-bond donors (Lipinski definition) is 2. The average molecular weight is 289 g/mol. The van der Waals surface area contributed by atoms with Crippen LogP contribution in [0.25, 0.3) is 0 Å². The molecule has 2 rings (SSSR count). The first-order valence-electron chi connectivity index (χ1n) is 8.05. The molecule has 21 heavy (non-hydrogen) atoms. The second kappa shape index (κ2) is 8.03. The summed E-state index contributed by atoms with van der Waals surface area (Å²) in [6.07, 6.45) is 5.60. The zero-order valence-electron chi connectivity index (χ0n) is 13.0. The number of hydrogen-bond acceptors (Lipinski definition) is 3. The second-order valence-electron chi connectivity index (χ2n) is 5.93. The van der Waals surface area contributed by atoms with Gasteiger partial charge in [-0.25, -0.2) is 0 Å². The third-order valence-corrected chi connectivity index (χ3v) is 4.30. The van der Waals surface area contributed by atoms with Crippen LogP contribution in [0.3, 0.4) is 0 Å². The van der Waals surface area contributed by atoms with Crippen LogP contribution in [0.5, 0.6) is 0 Å². The Morgan fingerprint density at radius 3 is 2.76 bits per heavy atom. The highest BCUT2D eigenvalue weighted by atomic mass is 16.1. The van der Waals surface area contributed by atoms with Gasteiger partial charge in [-0.1, -0.05) is 25.5 Å². The summed E-state index contributed by atoms with van der Waals surface area (Å²) in [5.41, 5.74) is 7.15. The maximum atomic E-state index is 11.9. The molecule has 4 nitrogen and oxygen atoms in total. The lowest BCUT2D eigenvalue weighted by Gasteiger charge is -2.31. The molecular formula is C17H27N3O. The number of carbonyl (C=O) groups excluding carboxylic acids is 1. The molecule has 0 unspecified atom stereocenters. The normalized spacial score (nSPS) is 15.0. The van der Waals surface area contributed by atoms with E-state index in [1.807, 2.05) is 18.2 Å². The maximum absolute atomic E-state index is 11.9. The Hall–Kier alpha value is -1.55. The largest absolute Gasteiger partial charge is 0.397 e. The lowest BCUT2D eigenvalue weighted by molar-refractivity contribution is -0.116. The summed E-state index contributed by atoms with van der Waals surface area (Å²) in [6.45, 7) is 5.47. The van der Waals surface area contributed by atoms with Gasteiger partial charge in [-0.15, -0.1) is 0 Å². The summed E-state index contributed by atoms with van der Waals surface area (Å²) in [7, 11) is 0. The fraction of sp³-hybridized carbons (Fsp3) is 0.588. The molecule has 1 aromatic carbocycles. The lowest BCUT2D eigenvalue weighted by atomic mass is 9.85. The third kappa shape index (κ3) is 5.05. The third-order valence-electron chi connectivity index (χ3n) is 4.30. The van der Waals surface area contributed by atoms with E-state index in [0.717, 1.165) is 25.4 Å². The standard InChI is InChI=1S/C17H27N3O/c1-2-20(13-14-7-5-8-14)12-6-11-17(21)19-16-10-4-3-9-15(16)18/h3-4,9-10,14H,2,5-8,11-13,18H2,1H3,(H,19,21). The Balaban J connectivity index is 1.67. The second-order valence-corrected chi connectivity index (χ2v) is 5.93. The van der Waals surface area contributed by atoms with Gasteiger partial charge in [0.15, 0.2) is 0 Å². The highest BCUT2D eigenvalue weighted by Gasteiger charge is 2.19. The number of nitrogen functional groups attached to an aromatic ring is 1. The monoisotopic (exact) mass is 289 g/mol. The molecule has 0 heterocycles. The first-order chi connectivity index (χ1) is 10.2. The lowest BCUT2D eigenvalue weighted by Crippen LogP contribution is -2.33. The van der Waals surface area contributed by atoms with Crippen molar-refractivity contribution in [2.24, 2.45) is 5.92 Å². The minimum Gasteiger partial charge on any atom is -0.397 e. The summed E-state index contributed by atoms with van der Waals surface area (Å²) >= 11 is 0. The molecule has 1 aliphatic carbocycles. The van der Waals surface area contributed by atoms with Crippen LogP contribution in [0.4, 0.5) is 11.4 Å². The molecule has 0 saturated heterocycles. The molecule has 116 valence electrons. The van der Waals surface area contributed by atoms with E-state index >= 15 is 0 Å². The summed E-state index contributed by atoms with van der Waals surface area (Å²) in [5, 5.41) is 2.88. The van der Waals surface area contributed by atoms with Crippen LogP contribution in [0.15, 0.2) is 24.3 Å². The van der Waals surface area contributed by atoms with Gasteiger partial charge in [0.2, 0.25) is 5.91 Å². The van der Waals surface area contributed by atoms with Gasteiger partial charge in [0.1, 0.15) is 0 Å². The van der Waals surface area contributed by atoms with Crippen LogP contribution < -0.4 is 11.1 Å². The number of benzene rings is 1. The number of anilines is 2. The molecule has 4 heteroatoms. The van der Waals surface area contributed by atoms with E-state index in [1.54, 1.807) is 6.07 Å². The number of nitrogens with two attached hydrogens (primary N) is 1. The Kier molecular flexibility index (Phi) is 6.05. The first-order valence-corrected chi connectivity index (χ1v) is 8.05. The highest BCUT2D eigenvalue weighted by molar-refractivity contribution is 5.93. The summed E-state index contributed by atoms with van der Waals surface area (Å²) in [6, 6.07) is 7.38. The van der Waals surface area contributed by atoms with E-state index in [-0.39, 0.29) is 5.91 Å². The van der Waals surface area contributed by atoms with Gasteiger partial charge in [0.25, 0.3) is 0 Å². The van der Waals surface area contributed by atoms with Crippen molar-refractivity contribution in [2.75, 3.05) is 30.7 Å². The Morgan fingerprint density at radius 2 is 2.14 bits per heavy atom. The van der Waals surface area contributed by atoms with E-state index in [9.17, 15) is 4.79 Å². The molecule has 0 aromatic heterocycles. The van der Waals surface area contributed by atoms with Gasteiger partial charge in [-0.05, 0) is 50.4 Å². The number of nitrogens with zero attached hydrogens (tertiary/aromatic N) is 1. The van der Waals surface area contributed by atoms with Crippen LogP contribution in [0, 0.1) is 5.92 Å². The molecule has 0 atom stereocenters. The Bertz CT molecular complexity index is 457. The van der Waals surface area contributed by atoms with Gasteiger partial charge in [0, 0.05) is 13.0 Å². The smallest absolute Gasteiger partial charge is 0.224 e. The summed E-state index contributed by atoms with van der Waals surface area (Å²) in [5.74, 6) is 0.940. The molecule has 0 bridgehead atoms. The average Bonchev–Trinajstić information content (AvgIpc) is 2.43. The van der Waals surface area contributed by atoms with Crippen molar-refractivity contribution in [1.82, 2.24) is 4.90 Å². The van der Waals surface area contributed by atoms with E-state index in [4.69, 9.17) is 5.73 Å². The summed E-state index contributed by atoms with van der Waals surface area (Å²) in [4.78, 5) is 14.4. The molecule has 1 fully saturated rings. The number of nitrogens with one attached hydrogen (secondary N) is 1. The van der Waals surface area contributed by atoms with E-state index in [0.29, 0.717) is 17.8 Å². The van der Waals surface area contributed by atoms with Crippen molar-refractivity contribution in [3.63, 3.8) is 0 Å². The number of carbonyl (C=O) groups is 1. The zero-order valence-corrected chi connectivity index (χ0v) is 13.0. The molecule has 3 N–H and O–H groups in total. The fourth-order valence-corrected chi connectivity index (χ4v) is 2.71. The fourth-order valence-electron chi connectivity index (χ4n) is 2.71. The molecule has 0 aliphatic heterocycles. The minimum atomic E-state index is 0.0487. The van der Waals surface area contributed by atoms with Crippen LogP contribution in [-0.2, 0) is 4.79 Å². The van der Waals surface area contributed by atoms with Crippen LogP contribution >= 0.6 is 0 Å². The molecule has 1 saturated carbocycles. The maximum Gasteiger partial charge on any atom is 0.224 e. The molecule has 1 amide bonds. The van der Waals surface area contributed by atoms with Crippen molar-refractivity contribution in [2.45, 2.75) is 39.0 Å². The number of para-hydroxylation sites is 2. The van der Waals surface area contributed by atoms with Crippen molar-refractivity contribution in [3.05, 3.63) is 24.3 Å². The van der Waals surface area contributed by atoms with Crippen molar-refractivity contribution >= 4 is 17.3 Å². The molecule has 0 radical (unpaired) electrons. The Morgan fingerprint density at radius 1 is 1.38 bits per heavy atom. The van der Waals surface area contributed by atoms with Crippen LogP contribution in [0.2, 0.25) is 0 Å². The van der Waals surface area contributed by atoms with E-state index in [1.165, 1.54) is 25.8 Å². The van der Waals surface area contributed by atoms with Crippen molar-refractivity contribution in [3.8, 4) is 0 Å². The topological polar surface area (TPSA) is 58.4 Å². The molecule has 0 spiro atoms. The predicted molar refractivity (Wildman–Crippen MR) is 88.2 cm³/mol. The zero-order chi connectivity index (χ0) is 15.1. The van der Waals surface area contributed by atoms with Gasteiger partial charge < -0.3 is 16.0 Å². The number of rotatable bonds is 8. The molecule has 1 aromatic rings. The Labute approximate surface area is 127 Å². The van der Waals surface area contributed by atoms with Crippen LogP contribution in [0.1, 0.15) is 39.0 Å². The van der Waals surface area contributed by atoms with Crippen molar-refractivity contribution in [1.29, 1.82) is 0 Å². The summed E-state index contributed by atoms with van der Waals surface area (Å²) < 4.78 is 0. The van der Waals surface area contributed by atoms with Gasteiger partial charge in [-0.2, -0.15) is 0 Å². The number of amides is 1. The predicted octanol–water partition coefficient (Wildman–Crippen LogP) is 3.11. The van der Waals surface area contributed by atoms with Crippen molar-refractivity contribution < 1.29 is 4.79 Å². The molecule has 1 aliphatic rings. The quantitative estimate of drug-likeness (QED) is 0.723. The van der Waals surface area contributed by atoms with Crippen LogP contribution in [-0.4, -0.2) is 30.4 Å².